The Hall–Kier alpha value is -2.52. The lowest BCUT2D eigenvalue weighted by atomic mass is 9.97. The molecule has 0 amide bonds. The molecule has 2 N–H and O–H groups in total. The maximum absolute atomic E-state index is 14.1. The van der Waals surface area contributed by atoms with Crippen LogP contribution in [-0.4, -0.2) is 48.3 Å². The molecule has 0 aliphatic carbocycles. The monoisotopic (exact) mass is 441 g/mol. The maximum Gasteiger partial charge on any atom is 0.416 e. The summed E-state index contributed by atoms with van der Waals surface area (Å²) in [6, 6.07) is 5.42. The first-order valence-corrected chi connectivity index (χ1v) is 10.0. The van der Waals surface area contributed by atoms with E-state index in [1.807, 2.05) is 11.8 Å². The first kappa shape index (κ1) is 23.1. The Morgan fingerprint density at radius 2 is 1.61 bits per heavy atom. The van der Waals surface area contributed by atoms with E-state index in [1.165, 1.54) is 12.1 Å². The minimum atomic E-state index is -4.64. The van der Waals surface area contributed by atoms with Crippen molar-refractivity contribution in [3.63, 3.8) is 0 Å². The predicted molar refractivity (Wildman–Crippen MR) is 108 cm³/mol. The molecule has 4 nitrogen and oxygen atoms in total. The van der Waals surface area contributed by atoms with E-state index in [9.17, 15) is 26.7 Å². The summed E-state index contributed by atoms with van der Waals surface area (Å²) in [6.45, 7) is 5.98. The summed E-state index contributed by atoms with van der Waals surface area (Å²) < 4.78 is 68.5. The van der Waals surface area contributed by atoms with Crippen LogP contribution in [0.5, 0.6) is 0 Å². The summed E-state index contributed by atoms with van der Waals surface area (Å²) in [4.78, 5) is 16.7. The van der Waals surface area contributed by atoms with E-state index in [0.29, 0.717) is 13.1 Å². The van der Waals surface area contributed by atoms with E-state index in [0.717, 1.165) is 37.8 Å². The first-order chi connectivity index (χ1) is 14.6. The molecule has 1 fully saturated rings. The van der Waals surface area contributed by atoms with Crippen LogP contribution < -0.4 is 5.73 Å². The van der Waals surface area contributed by atoms with Crippen molar-refractivity contribution >= 4 is 11.5 Å². The number of carbonyl (C=O) groups excluding carboxylic acids is 1. The lowest BCUT2D eigenvalue weighted by molar-refractivity contribution is -0.138. The Balaban J connectivity index is 1.81. The van der Waals surface area contributed by atoms with Crippen LogP contribution in [0.1, 0.15) is 34.0 Å². The third kappa shape index (κ3) is 5.40. The highest BCUT2D eigenvalue weighted by Gasteiger charge is 2.34. The summed E-state index contributed by atoms with van der Waals surface area (Å²) in [5.74, 6) is -2.75. The van der Waals surface area contributed by atoms with Crippen LogP contribution in [0, 0.1) is 11.6 Å². The predicted octanol–water partition coefficient (Wildman–Crippen LogP) is 4.13. The Labute approximate surface area is 177 Å². The van der Waals surface area contributed by atoms with Gasteiger partial charge in [-0.2, -0.15) is 13.2 Å². The van der Waals surface area contributed by atoms with Gasteiger partial charge in [0.2, 0.25) is 0 Å². The number of ketones is 1. The minimum Gasteiger partial charge on any atom is -0.394 e. The number of alkyl halides is 3. The molecule has 2 aromatic rings. The minimum absolute atomic E-state index is 0.0891. The molecule has 31 heavy (non-hydrogen) atoms. The summed E-state index contributed by atoms with van der Waals surface area (Å²) in [5, 5.41) is 0. The number of benzene rings is 2. The number of halogens is 5. The Morgan fingerprint density at radius 3 is 2.23 bits per heavy atom. The number of hydrogen-bond acceptors (Lipinski definition) is 4. The number of carbonyl (C=O) groups is 1. The van der Waals surface area contributed by atoms with Crippen molar-refractivity contribution in [1.29, 1.82) is 0 Å². The zero-order valence-electron chi connectivity index (χ0n) is 17.1. The van der Waals surface area contributed by atoms with Crippen molar-refractivity contribution in [2.75, 3.05) is 38.5 Å². The van der Waals surface area contributed by atoms with E-state index in [2.05, 4.69) is 4.90 Å². The third-order valence-corrected chi connectivity index (χ3v) is 5.60. The number of anilines is 1. The van der Waals surface area contributed by atoms with Crippen molar-refractivity contribution in [1.82, 2.24) is 9.80 Å². The summed E-state index contributed by atoms with van der Waals surface area (Å²) >= 11 is 0. The van der Waals surface area contributed by atoms with Gasteiger partial charge in [-0.1, -0.05) is 25.1 Å². The standard InChI is InChI=1S/C22H24F5N3O/c1-2-29-7-9-30(10-8-29)13-16-4-3-14(11-17(16)22(25,26)27)19(31)12-15-5-6-18(23)21(28)20(15)24/h3-6,11H,2,7-10,12-13,28H2,1H3. The lowest BCUT2D eigenvalue weighted by Crippen LogP contribution is -2.45. The SMILES string of the molecule is CCN1CCN(Cc2ccc(C(=O)Cc3ccc(F)c(N)c3F)cc2C(F)(F)F)CC1. The molecule has 0 aromatic heterocycles. The summed E-state index contributed by atoms with van der Waals surface area (Å²) in [7, 11) is 0. The molecule has 9 heteroatoms. The van der Waals surface area contributed by atoms with Gasteiger partial charge >= 0.3 is 6.18 Å². The number of piperazine rings is 1. The number of likely N-dealkylation sites (N-methyl/N-ethyl adjacent to an activating group) is 1. The smallest absolute Gasteiger partial charge is 0.394 e. The van der Waals surface area contributed by atoms with E-state index in [-0.39, 0.29) is 23.2 Å². The number of nitrogens with two attached hydrogens (primary N) is 1. The highest BCUT2D eigenvalue weighted by atomic mass is 19.4. The molecule has 0 spiro atoms. The van der Waals surface area contributed by atoms with Crippen LogP contribution in [0.3, 0.4) is 0 Å². The molecular formula is C22H24F5N3O. The second-order valence-electron chi connectivity index (χ2n) is 7.61. The highest BCUT2D eigenvalue weighted by molar-refractivity contribution is 5.98. The molecule has 0 atom stereocenters. The molecule has 0 unspecified atom stereocenters. The van der Waals surface area contributed by atoms with Gasteiger partial charge in [-0.25, -0.2) is 8.78 Å². The lowest BCUT2D eigenvalue weighted by Gasteiger charge is -2.34. The van der Waals surface area contributed by atoms with E-state index in [4.69, 9.17) is 5.73 Å². The molecule has 1 aliphatic rings. The van der Waals surface area contributed by atoms with Crippen molar-refractivity contribution in [3.8, 4) is 0 Å². The van der Waals surface area contributed by atoms with Crippen molar-refractivity contribution < 1.29 is 26.7 Å². The highest BCUT2D eigenvalue weighted by Crippen LogP contribution is 2.34. The largest absolute Gasteiger partial charge is 0.416 e. The molecule has 0 bridgehead atoms. The number of hydrogen-bond donors (Lipinski definition) is 1. The molecule has 2 aromatic carbocycles. The van der Waals surface area contributed by atoms with Crippen LogP contribution in [0.2, 0.25) is 0 Å². The number of Topliss-reactive ketones (excluding diaryl/α,β-unsaturated/α-hetero) is 1. The average Bonchev–Trinajstić information content (AvgIpc) is 2.74. The molecule has 0 radical (unpaired) electrons. The Morgan fingerprint density at radius 1 is 1.00 bits per heavy atom. The van der Waals surface area contributed by atoms with Gasteiger partial charge in [0.1, 0.15) is 11.5 Å². The van der Waals surface area contributed by atoms with Crippen molar-refractivity contribution in [2.45, 2.75) is 26.1 Å². The van der Waals surface area contributed by atoms with Crippen molar-refractivity contribution in [2.24, 2.45) is 0 Å². The van der Waals surface area contributed by atoms with Gasteiger partial charge in [-0.05, 0) is 29.8 Å². The van der Waals surface area contributed by atoms with Gasteiger partial charge in [0.25, 0.3) is 0 Å². The maximum atomic E-state index is 14.1. The molecule has 1 heterocycles. The zero-order valence-corrected chi connectivity index (χ0v) is 17.1. The Kier molecular flexibility index (Phi) is 6.96. The third-order valence-electron chi connectivity index (χ3n) is 5.60. The van der Waals surface area contributed by atoms with Crippen LogP contribution in [0.25, 0.3) is 0 Å². The van der Waals surface area contributed by atoms with E-state index < -0.39 is 41.3 Å². The Bertz CT molecular complexity index is 953. The fourth-order valence-electron chi connectivity index (χ4n) is 3.68. The van der Waals surface area contributed by atoms with Crippen LogP contribution in [0.15, 0.2) is 30.3 Å². The fraction of sp³-hybridized carbons (Fsp3) is 0.409. The van der Waals surface area contributed by atoms with Gasteiger partial charge < -0.3 is 10.6 Å². The topological polar surface area (TPSA) is 49.6 Å². The first-order valence-electron chi connectivity index (χ1n) is 10.0. The van der Waals surface area contributed by atoms with Crippen molar-refractivity contribution in [3.05, 3.63) is 64.2 Å². The van der Waals surface area contributed by atoms with E-state index >= 15 is 0 Å². The summed E-state index contributed by atoms with van der Waals surface area (Å²) in [5.41, 5.74) is 3.42. The summed E-state index contributed by atoms with van der Waals surface area (Å²) in [6.07, 6.45) is -5.16. The van der Waals surface area contributed by atoms with Crippen LogP contribution in [-0.2, 0) is 19.1 Å². The second-order valence-corrected chi connectivity index (χ2v) is 7.61. The van der Waals surface area contributed by atoms with Crippen LogP contribution >= 0.6 is 0 Å². The molecule has 168 valence electrons. The number of rotatable bonds is 6. The van der Waals surface area contributed by atoms with Gasteiger partial charge in [0.05, 0.1) is 5.56 Å². The molecular weight excluding hydrogens is 417 g/mol. The average molecular weight is 441 g/mol. The van der Waals surface area contributed by atoms with Crippen LogP contribution in [0.4, 0.5) is 27.6 Å². The van der Waals surface area contributed by atoms with Gasteiger partial charge in [-0.3, -0.25) is 9.69 Å². The van der Waals surface area contributed by atoms with Gasteiger partial charge in [-0.15, -0.1) is 0 Å². The zero-order chi connectivity index (χ0) is 22.8. The van der Waals surface area contributed by atoms with Gasteiger partial charge in [0, 0.05) is 44.7 Å². The number of nitrogen functional groups attached to an aromatic ring is 1. The fourth-order valence-corrected chi connectivity index (χ4v) is 3.68. The normalized spacial score (nSPS) is 15.9. The quantitative estimate of drug-likeness (QED) is 0.416. The molecule has 3 rings (SSSR count). The molecule has 1 saturated heterocycles. The van der Waals surface area contributed by atoms with Gasteiger partial charge in [0.15, 0.2) is 11.6 Å². The van der Waals surface area contributed by atoms with E-state index in [1.54, 1.807) is 0 Å². The second kappa shape index (κ2) is 9.32. The number of nitrogens with zero attached hydrogens (tertiary/aromatic N) is 2. The molecule has 0 saturated carbocycles. The molecule has 1 aliphatic heterocycles.